The van der Waals surface area contributed by atoms with Gasteiger partial charge in [-0.2, -0.15) is 0 Å². The molecule has 0 saturated carbocycles. The van der Waals surface area contributed by atoms with Crippen molar-refractivity contribution >= 4 is 34.2 Å². The minimum Gasteiger partial charge on any atom is -0.371 e. The van der Waals surface area contributed by atoms with E-state index in [4.69, 9.17) is 4.74 Å². The number of nitrogens with one attached hydrogen (secondary N) is 3. The fraction of sp³-hybridized carbons (Fsp3) is 0.276. The summed E-state index contributed by atoms with van der Waals surface area (Å²) in [5.74, 6) is 0.332. The number of carbonyl (C=O) groups excluding carboxylic acids is 2. The molecule has 1 aliphatic rings. The zero-order valence-corrected chi connectivity index (χ0v) is 21.3. The monoisotopic (exact) mass is 484 g/mol. The molecule has 2 aromatic carbocycles. The fourth-order valence-electron chi connectivity index (χ4n) is 4.76. The van der Waals surface area contributed by atoms with E-state index in [1.807, 2.05) is 66.8 Å². The third-order valence-corrected chi connectivity index (χ3v) is 6.57. The van der Waals surface area contributed by atoms with Gasteiger partial charge in [0.1, 0.15) is 11.4 Å². The molecule has 0 fully saturated rings. The van der Waals surface area contributed by atoms with E-state index >= 15 is 0 Å². The number of benzene rings is 2. The van der Waals surface area contributed by atoms with E-state index in [0.29, 0.717) is 11.5 Å². The van der Waals surface area contributed by atoms with E-state index in [0.717, 1.165) is 21.9 Å². The number of pyridine rings is 1. The van der Waals surface area contributed by atoms with Crippen molar-refractivity contribution in [3.63, 3.8) is 0 Å². The number of hydrogen-bond acceptors (Lipinski definition) is 4. The molecule has 0 saturated heterocycles. The van der Waals surface area contributed by atoms with Gasteiger partial charge in [-0.05, 0) is 40.6 Å². The minimum absolute atomic E-state index is 0.167. The lowest BCUT2D eigenvalue weighted by atomic mass is 9.70. The minimum atomic E-state index is -0.679. The van der Waals surface area contributed by atoms with E-state index < -0.39 is 5.60 Å². The van der Waals surface area contributed by atoms with Crippen LogP contribution in [0.1, 0.15) is 27.7 Å². The summed E-state index contributed by atoms with van der Waals surface area (Å²) in [5, 5.41) is 10.7. The first-order valence-corrected chi connectivity index (χ1v) is 11.9. The molecular formula is C29H32N4O3. The van der Waals surface area contributed by atoms with Crippen LogP contribution in [0.25, 0.3) is 21.9 Å². The first kappa shape index (κ1) is 25.1. The second-order valence-corrected chi connectivity index (χ2v) is 9.89. The number of carbonyl (C=O) groups is 2. The summed E-state index contributed by atoms with van der Waals surface area (Å²) in [6.45, 7) is 7.73. The van der Waals surface area contributed by atoms with Crippen molar-refractivity contribution in [1.29, 1.82) is 0 Å². The molecule has 1 aromatic heterocycles. The number of nitrogens with zero attached hydrogens (tertiary/aromatic N) is 1. The number of rotatable bonds is 5. The van der Waals surface area contributed by atoms with E-state index in [-0.39, 0.29) is 23.4 Å². The Bertz CT molecular complexity index is 1340. The third-order valence-electron chi connectivity index (χ3n) is 6.57. The first-order valence-electron chi connectivity index (χ1n) is 11.9. The normalized spacial score (nSPS) is 19.2. The Balaban J connectivity index is 1.60. The van der Waals surface area contributed by atoms with Crippen LogP contribution in [0.5, 0.6) is 0 Å². The number of aromatic nitrogens is 1. The number of urea groups is 1. The Hall–Kier alpha value is -3.97. The van der Waals surface area contributed by atoms with E-state index in [2.05, 4.69) is 41.7 Å². The third kappa shape index (κ3) is 4.88. The summed E-state index contributed by atoms with van der Waals surface area (Å²) in [4.78, 5) is 28.8. The molecular weight excluding hydrogens is 452 g/mol. The Morgan fingerprint density at radius 1 is 0.972 bits per heavy atom. The second kappa shape index (κ2) is 9.95. The Morgan fingerprint density at radius 3 is 2.36 bits per heavy atom. The molecule has 3 N–H and O–H groups in total. The second-order valence-electron chi connectivity index (χ2n) is 9.89. The molecule has 2 atom stereocenters. The van der Waals surface area contributed by atoms with Gasteiger partial charge in [-0.25, -0.2) is 9.78 Å². The zero-order valence-electron chi connectivity index (χ0n) is 21.3. The Labute approximate surface area is 211 Å². The van der Waals surface area contributed by atoms with Crippen molar-refractivity contribution in [3.05, 3.63) is 79.0 Å². The van der Waals surface area contributed by atoms with Gasteiger partial charge in [0.25, 0.3) is 0 Å². The molecule has 4 rings (SSSR count). The van der Waals surface area contributed by atoms with Crippen molar-refractivity contribution in [2.24, 2.45) is 5.41 Å². The van der Waals surface area contributed by atoms with Gasteiger partial charge in [0.2, 0.25) is 5.91 Å². The SMILES string of the molecule is COC1(C(C)(C)C)C=CC=CC1NC(=O)Nc1ccc(-c2ccc(NC(C)=O)nc2)c2ccccc12. The molecule has 0 radical (unpaired) electrons. The number of allylic oxidation sites excluding steroid dienone is 2. The van der Waals surface area contributed by atoms with Gasteiger partial charge >= 0.3 is 6.03 Å². The molecule has 3 amide bonds. The van der Waals surface area contributed by atoms with Crippen molar-refractivity contribution < 1.29 is 14.3 Å². The van der Waals surface area contributed by atoms with Crippen molar-refractivity contribution in [3.8, 4) is 11.1 Å². The lowest BCUT2D eigenvalue weighted by molar-refractivity contribution is -0.114. The van der Waals surface area contributed by atoms with Gasteiger partial charge in [-0.1, -0.05) is 69.3 Å². The number of fused-ring (bicyclic) bond motifs is 1. The smallest absolute Gasteiger partial charge is 0.319 e. The van der Waals surface area contributed by atoms with Crippen molar-refractivity contribution in [2.45, 2.75) is 39.3 Å². The summed E-state index contributed by atoms with van der Waals surface area (Å²) >= 11 is 0. The van der Waals surface area contributed by atoms with Crippen LogP contribution in [0.3, 0.4) is 0 Å². The van der Waals surface area contributed by atoms with Gasteiger partial charge in [-0.3, -0.25) is 4.79 Å². The fourth-order valence-corrected chi connectivity index (χ4v) is 4.76. The lowest BCUT2D eigenvalue weighted by Gasteiger charge is -2.47. The van der Waals surface area contributed by atoms with Crippen LogP contribution in [0.2, 0.25) is 0 Å². The predicted molar refractivity (Wildman–Crippen MR) is 145 cm³/mol. The predicted octanol–water partition coefficient (Wildman–Crippen LogP) is 5.91. The van der Waals surface area contributed by atoms with E-state index in [1.54, 1.807) is 19.4 Å². The van der Waals surface area contributed by atoms with Crippen molar-refractivity contribution in [1.82, 2.24) is 10.3 Å². The summed E-state index contributed by atoms with van der Waals surface area (Å²) in [6, 6.07) is 14.8. The van der Waals surface area contributed by atoms with Crippen LogP contribution in [0, 0.1) is 5.41 Å². The molecule has 0 spiro atoms. The Kier molecular flexibility index (Phi) is 6.95. The van der Waals surface area contributed by atoms with Crippen LogP contribution < -0.4 is 16.0 Å². The average molecular weight is 485 g/mol. The number of ether oxygens (including phenoxy) is 1. The van der Waals surface area contributed by atoms with Gasteiger partial charge < -0.3 is 20.7 Å². The number of methoxy groups -OCH3 is 1. The summed E-state index contributed by atoms with van der Waals surface area (Å²) in [5.41, 5.74) is 1.65. The lowest BCUT2D eigenvalue weighted by Crippen LogP contribution is -2.59. The maximum absolute atomic E-state index is 13.2. The highest BCUT2D eigenvalue weighted by Gasteiger charge is 2.47. The summed E-state index contributed by atoms with van der Waals surface area (Å²) in [7, 11) is 1.67. The maximum Gasteiger partial charge on any atom is 0.319 e. The van der Waals surface area contributed by atoms with Crippen LogP contribution >= 0.6 is 0 Å². The molecule has 36 heavy (non-hydrogen) atoms. The summed E-state index contributed by atoms with van der Waals surface area (Å²) in [6.07, 6.45) is 9.56. The van der Waals surface area contributed by atoms with E-state index in [9.17, 15) is 9.59 Å². The van der Waals surface area contributed by atoms with Crippen molar-refractivity contribution in [2.75, 3.05) is 17.7 Å². The molecule has 2 unspecified atom stereocenters. The number of anilines is 2. The van der Waals surface area contributed by atoms with Gasteiger partial charge in [0.15, 0.2) is 0 Å². The molecule has 0 bridgehead atoms. The first-order chi connectivity index (χ1) is 17.1. The topological polar surface area (TPSA) is 92.4 Å². The van der Waals surface area contributed by atoms with Crippen LogP contribution in [0.15, 0.2) is 79.0 Å². The average Bonchev–Trinajstić information content (AvgIpc) is 2.84. The molecule has 7 nitrogen and oxygen atoms in total. The molecule has 1 heterocycles. The highest BCUT2D eigenvalue weighted by molar-refractivity contribution is 6.07. The molecule has 7 heteroatoms. The van der Waals surface area contributed by atoms with E-state index in [1.165, 1.54) is 6.92 Å². The van der Waals surface area contributed by atoms with Gasteiger partial charge in [0, 0.05) is 31.2 Å². The molecule has 186 valence electrons. The molecule has 3 aromatic rings. The van der Waals surface area contributed by atoms with Crippen LogP contribution in [-0.2, 0) is 9.53 Å². The number of amides is 3. The molecule has 0 aliphatic heterocycles. The maximum atomic E-state index is 13.2. The van der Waals surface area contributed by atoms with Gasteiger partial charge in [0.05, 0.1) is 11.7 Å². The van der Waals surface area contributed by atoms with Gasteiger partial charge in [-0.15, -0.1) is 0 Å². The summed E-state index contributed by atoms with van der Waals surface area (Å²) < 4.78 is 5.96. The van der Waals surface area contributed by atoms with Crippen LogP contribution in [0.4, 0.5) is 16.3 Å². The largest absolute Gasteiger partial charge is 0.371 e. The number of hydrogen-bond donors (Lipinski definition) is 3. The molecule has 1 aliphatic carbocycles. The highest BCUT2D eigenvalue weighted by atomic mass is 16.5. The van der Waals surface area contributed by atoms with Crippen LogP contribution in [-0.4, -0.2) is 35.7 Å². The highest BCUT2D eigenvalue weighted by Crippen LogP contribution is 2.40. The quantitative estimate of drug-likeness (QED) is 0.420. The Morgan fingerprint density at radius 2 is 1.72 bits per heavy atom. The standard InChI is InChI=1S/C29H32N4O3/c1-19(34)31-26-16-13-20(18-30-26)21-14-15-24(23-11-7-6-10-22(21)23)32-27(35)33-25-12-8-9-17-29(25,36-5)28(2,3)4/h6-18,25H,1-5H3,(H,30,31,34)(H2,32,33,35). The zero-order chi connectivity index (χ0) is 25.9.